The molecule has 2 rings (SSSR count). The second-order valence-corrected chi connectivity index (χ2v) is 5.47. The molecule has 0 bridgehead atoms. The van der Waals surface area contributed by atoms with Gasteiger partial charge in [-0.1, -0.05) is 12.2 Å². The van der Waals surface area contributed by atoms with E-state index in [-0.39, 0.29) is 16.2 Å². The molecule has 0 unspecified atom stereocenters. The van der Waals surface area contributed by atoms with Crippen LogP contribution in [0.4, 0.5) is 20.2 Å². The molecule has 0 heterocycles. The van der Waals surface area contributed by atoms with Gasteiger partial charge in [0.25, 0.3) is 0 Å². The summed E-state index contributed by atoms with van der Waals surface area (Å²) in [5.41, 5.74) is 5.92. The van der Waals surface area contributed by atoms with E-state index in [0.29, 0.717) is 5.69 Å². The van der Waals surface area contributed by atoms with Crippen molar-refractivity contribution >= 4 is 51.2 Å². The molecule has 0 radical (unpaired) electrons. The fraction of sp³-hybridized carbons (Fsp3) is 0. The van der Waals surface area contributed by atoms with Crippen LogP contribution in [0.3, 0.4) is 0 Å². The molecule has 0 aliphatic carbocycles. The van der Waals surface area contributed by atoms with Gasteiger partial charge in [-0.2, -0.15) is 0 Å². The number of nitrogens with one attached hydrogen (secondary N) is 1. The van der Waals surface area contributed by atoms with Crippen LogP contribution < -0.4 is 11.1 Å². The van der Waals surface area contributed by atoms with Crippen molar-refractivity contribution in [3.63, 3.8) is 0 Å². The molecular weight excluding hydrogens is 381 g/mol. The molecular formula is C13H9F2IN2S. The second kappa shape index (κ2) is 5.79. The third-order valence-corrected chi connectivity index (χ3v) is 3.41. The first kappa shape index (κ1) is 14.1. The zero-order valence-corrected chi connectivity index (χ0v) is 12.6. The van der Waals surface area contributed by atoms with Gasteiger partial charge in [0.1, 0.15) is 4.99 Å². The van der Waals surface area contributed by atoms with Crippen molar-refractivity contribution in [3.05, 3.63) is 57.2 Å². The topological polar surface area (TPSA) is 38.0 Å². The minimum atomic E-state index is -1.04. The number of thiocarbonyl (C=S) groups is 1. The fourth-order valence-corrected chi connectivity index (χ4v) is 2.04. The lowest BCUT2D eigenvalue weighted by atomic mass is 10.1. The van der Waals surface area contributed by atoms with Crippen LogP contribution in [-0.2, 0) is 0 Å². The van der Waals surface area contributed by atoms with Gasteiger partial charge >= 0.3 is 0 Å². The molecule has 0 aliphatic rings. The molecule has 0 saturated heterocycles. The molecule has 19 heavy (non-hydrogen) atoms. The largest absolute Gasteiger partial charge is 0.389 e. The van der Waals surface area contributed by atoms with Crippen molar-refractivity contribution in [1.82, 2.24) is 0 Å². The quantitative estimate of drug-likeness (QED) is 0.616. The first-order valence-corrected chi connectivity index (χ1v) is 6.78. The van der Waals surface area contributed by atoms with E-state index < -0.39 is 11.6 Å². The number of rotatable bonds is 3. The van der Waals surface area contributed by atoms with Gasteiger partial charge in [0, 0.05) is 14.8 Å². The highest BCUT2D eigenvalue weighted by atomic mass is 127. The van der Waals surface area contributed by atoms with Crippen molar-refractivity contribution in [3.8, 4) is 0 Å². The summed E-state index contributed by atoms with van der Waals surface area (Å²) < 4.78 is 28.6. The third-order valence-electron chi connectivity index (χ3n) is 2.47. The molecule has 0 aromatic heterocycles. The molecule has 0 fully saturated rings. The van der Waals surface area contributed by atoms with Gasteiger partial charge in [0.05, 0.1) is 5.69 Å². The molecule has 98 valence electrons. The summed E-state index contributed by atoms with van der Waals surface area (Å²) in [5.74, 6) is -2.04. The monoisotopic (exact) mass is 390 g/mol. The minimum absolute atomic E-state index is 0.0405. The van der Waals surface area contributed by atoms with E-state index >= 15 is 0 Å². The molecule has 3 N–H and O–H groups in total. The average molecular weight is 390 g/mol. The predicted molar refractivity (Wildman–Crippen MR) is 84.7 cm³/mol. The Kier molecular flexibility index (Phi) is 4.31. The Labute approximate surface area is 128 Å². The van der Waals surface area contributed by atoms with E-state index in [2.05, 4.69) is 40.1 Å². The first-order chi connectivity index (χ1) is 8.99. The lowest BCUT2D eigenvalue weighted by Gasteiger charge is -2.10. The van der Waals surface area contributed by atoms with Crippen molar-refractivity contribution in [2.24, 2.45) is 5.73 Å². The van der Waals surface area contributed by atoms with Crippen molar-refractivity contribution in [2.45, 2.75) is 0 Å². The van der Waals surface area contributed by atoms with E-state index in [1.54, 1.807) is 12.1 Å². The Morgan fingerprint density at radius 3 is 2.26 bits per heavy atom. The maximum Gasteiger partial charge on any atom is 0.182 e. The van der Waals surface area contributed by atoms with Gasteiger partial charge in [-0.25, -0.2) is 8.78 Å². The summed E-state index contributed by atoms with van der Waals surface area (Å²) in [6, 6.07) is 10.0. The lowest BCUT2D eigenvalue weighted by molar-refractivity contribution is 0.510. The second-order valence-electron chi connectivity index (χ2n) is 3.78. The van der Waals surface area contributed by atoms with Crippen LogP contribution in [0, 0.1) is 15.2 Å². The van der Waals surface area contributed by atoms with E-state index in [0.717, 1.165) is 3.57 Å². The normalized spacial score (nSPS) is 10.3. The first-order valence-electron chi connectivity index (χ1n) is 5.29. The standard InChI is InChI=1S/C13H9F2IN2S/c14-11-9(13(17)19)5-6-10(12(11)15)18-8-3-1-7(16)2-4-8/h1-6,18H,(H2,17,19). The van der Waals surface area contributed by atoms with Crippen LogP contribution in [0.25, 0.3) is 0 Å². The van der Waals surface area contributed by atoms with Crippen LogP contribution in [0.1, 0.15) is 5.56 Å². The SMILES string of the molecule is NC(=S)c1ccc(Nc2ccc(I)cc2)c(F)c1F. The van der Waals surface area contributed by atoms with Crippen LogP contribution >= 0.6 is 34.8 Å². The van der Waals surface area contributed by atoms with Crippen molar-refractivity contribution in [2.75, 3.05) is 5.32 Å². The molecule has 0 atom stereocenters. The van der Waals surface area contributed by atoms with Crippen LogP contribution in [0.5, 0.6) is 0 Å². The summed E-state index contributed by atoms with van der Waals surface area (Å²) in [7, 11) is 0. The smallest absolute Gasteiger partial charge is 0.182 e. The van der Waals surface area contributed by atoms with Crippen molar-refractivity contribution < 1.29 is 8.78 Å². The Bertz CT molecular complexity index is 629. The van der Waals surface area contributed by atoms with Gasteiger partial charge < -0.3 is 11.1 Å². The Morgan fingerprint density at radius 2 is 1.68 bits per heavy atom. The number of hydrogen-bond acceptors (Lipinski definition) is 2. The number of benzene rings is 2. The number of hydrogen-bond donors (Lipinski definition) is 2. The molecule has 0 saturated carbocycles. The van der Waals surface area contributed by atoms with Gasteiger partial charge in [-0.3, -0.25) is 0 Å². The highest BCUT2D eigenvalue weighted by Crippen LogP contribution is 2.24. The van der Waals surface area contributed by atoms with E-state index in [1.807, 2.05) is 12.1 Å². The predicted octanol–water partition coefficient (Wildman–Crippen LogP) is 3.95. The third kappa shape index (κ3) is 3.19. The van der Waals surface area contributed by atoms with Gasteiger partial charge in [-0.05, 0) is 59.0 Å². The number of anilines is 2. The maximum absolute atomic E-state index is 13.8. The summed E-state index contributed by atoms with van der Waals surface area (Å²) in [6.45, 7) is 0. The summed E-state index contributed by atoms with van der Waals surface area (Å²) in [5, 5.41) is 2.80. The molecule has 6 heteroatoms. The zero-order chi connectivity index (χ0) is 14.0. The van der Waals surface area contributed by atoms with E-state index in [9.17, 15) is 8.78 Å². The van der Waals surface area contributed by atoms with Crippen LogP contribution in [-0.4, -0.2) is 4.99 Å². The molecule has 0 aliphatic heterocycles. The minimum Gasteiger partial charge on any atom is -0.389 e. The highest BCUT2D eigenvalue weighted by molar-refractivity contribution is 14.1. The fourth-order valence-electron chi connectivity index (χ4n) is 1.53. The lowest BCUT2D eigenvalue weighted by Crippen LogP contribution is -2.13. The molecule has 2 aromatic carbocycles. The Hall–Kier alpha value is -1.28. The van der Waals surface area contributed by atoms with Crippen LogP contribution in [0.2, 0.25) is 0 Å². The van der Waals surface area contributed by atoms with E-state index in [4.69, 9.17) is 5.73 Å². The van der Waals surface area contributed by atoms with Gasteiger partial charge in [0.15, 0.2) is 11.6 Å². The zero-order valence-electron chi connectivity index (χ0n) is 9.58. The van der Waals surface area contributed by atoms with Gasteiger partial charge in [-0.15, -0.1) is 0 Å². The highest BCUT2D eigenvalue weighted by Gasteiger charge is 2.14. The molecule has 0 spiro atoms. The van der Waals surface area contributed by atoms with Gasteiger partial charge in [0.2, 0.25) is 0 Å². The summed E-state index contributed by atoms with van der Waals surface area (Å²) >= 11 is 6.81. The summed E-state index contributed by atoms with van der Waals surface area (Å²) in [4.78, 5) is -0.169. The maximum atomic E-state index is 13.8. The Balaban J connectivity index is 2.34. The molecule has 2 aromatic rings. The van der Waals surface area contributed by atoms with Crippen molar-refractivity contribution in [1.29, 1.82) is 0 Å². The number of nitrogens with two attached hydrogens (primary N) is 1. The van der Waals surface area contributed by atoms with E-state index in [1.165, 1.54) is 12.1 Å². The number of halogens is 3. The summed E-state index contributed by atoms with van der Waals surface area (Å²) in [6.07, 6.45) is 0. The Morgan fingerprint density at radius 1 is 1.05 bits per heavy atom. The average Bonchev–Trinajstić information content (AvgIpc) is 2.37. The molecule has 2 nitrogen and oxygen atoms in total. The van der Waals surface area contributed by atoms with Crippen LogP contribution in [0.15, 0.2) is 36.4 Å². The molecule has 0 amide bonds.